The number of furan rings is 2. The van der Waals surface area contributed by atoms with Gasteiger partial charge in [0, 0.05) is 26.7 Å². The van der Waals surface area contributed by atoms with Crippen LogP contribution in [0.25, 0.3) is 22.6 Å². The van der Waals surface area contributed by atoms with E-state index in [4.69, 9.17) is 42.2 Å². The number of halogens is 2. The summed E-state index contributed by atoms with van der Waals surface area (Å²) in [5.41, 5.74) is 2.77. The standard InChI is InChI=1S/C12H9ClO3.C12H11ClO2/c1-7-10(12(14)15)6-11(16-7)8-2-4-9(13)5-3-8;1-8-10(7-14)6-12(15-8)9-2-4-11(13)5-3-9/h2-6H,1H3,(H,14,15);2-6,14H,7H2,1H3. The van der Waals surface area contributed by atoms with Gasteiger partial charge in [-0.15, -0.1) is 0 Å². The van der Waals surface area contributed by atoms with E-state index in [2.05, 4.69) is 0 Å². The van der Waals surface area contributed by atoms with Crippen molar-refractivity contribution in [2.24, 2.45) is 0 Å². The second-order valence-corrected chi connectivity index (χ2v) is 7.62. The minimum atomic E-state index is -0.985. The fourth-order valence-corrected chi connectivity index (χ4v) is 3.14. The van der Waals surface area contributed by atoms with Crippen LogP contribution in [0.4, 0.5) is 0 Å². The van der Waals surface area contributed by atoms with E-state index >= 15 is 0 Å². The first-order valence-corrected chi connectivity index (χ1v) is 10.1. The number of carboxylic acids is 1. The minimum absolute atomic E-state index is 0.00290. The van der Waals surface area contributed by atoms with Crippen LogP contribution in [0.1, 0.15) is 27.4 Å². The Morgan fingerprint density at radius 3 is 1.65 bits per heavy atom. The highest BCUT2D eigenvalue weighted by molar-refractivity contribution is 6.30. The molecular formula is C24H20Cl2O5. The smallest absolute Gasteiger partial charge is 0.339 e. The van der Waals surface area contributed by atoms with Crippen molar-refractivity contribution in [2.45, 2.75) is 20.5 Å². The van der Waals surface area contributed by atoms with Crippen LogP contribution in [0, 0.1) is 13.8 Å². The van der Waals surface area contributed by atoms with Gasteiger partial charge in [-0.3, -0.25) is 0 Å². The Morgan fingerprint density at radius 2 is 1.26 bits per heavy atom. The first-order valence-electron chi connectivity index (χ1n) is 9.34. The summed E-state index contributed by atoms with van der Waals surface area (Å²) in [4.78, 5) is 10.8. The fraction of sp³-hybridized carbons (Fsp3) is 0.125. The quantitative estimate of drug-likeness (QED) is 0.343. The molecule has 0 radical (unpaired) electrons. The second kappa shape index (κ2) is 9.88. The van der Waals surface area contributed by atoms with Crippen molar-refractivity contribution in [3.8, 4) is 22.6 Å². The molecule has 0 saturated heterocycles. The molecule has 0 unspecified atom stereocenters. The van der Waals surface area contributed by atoms with Crippen molar-refractivity contribution in [3.05, 3.63) is 93.4 Å². The van der Waals surface area contributed by atoms with Crippen LogP contribution in [0.2, 0.25) is 10.0 Å². The van der Waals surface area contributed by atoms with Crippen LogP contribution in [-0.4, -0.2) is 16.2 Å². The number of aliphatic hydroxyl groups excluding tert-OH is 1. The van der Waals surface area contributed by atoms with E-state index in [1.807, 2.05) is 37.3 Å². The summed E-state index contributed by atoms with van der Waals surface area (Å²) in [6.45, 7) is 3.47. The molecule has 160 valence electrons. The summed E-state index contributed by atoms with van der Waals surface area (Å²) >= 11 is 11.6. The van der Waals surface area contributed by atoms with E-state index < -0.39 is 5.97 Å². The Morgan fingerprint density at radius 1 is 0.806 bits per heavy atom. The highest BCUT2D eigenvalue weighted by Crippen LogP contribution is 2.27. The molecule has 2 aromatic carbocycles. The molecule has 0 saturated carbocycles. The number of hydrogen-bond acceptors (Lipinski definition) is 4. The zero-order valence-electron chi connectivity index (χ0n) is 16.9. The molecule has 0 fully saturated rings. The highest BCUT2D eigenvalue weighted by atomic mass is 35.5. The maximum Gasteiger partial charge on any atom is 0.339 e. The first-order chi connectivity index (χ1) is 14.8. The molecule has 0 aliphatic rings. The summed E-state index contributed by atoms with van der Waals surface area (Å²) in [5, 5.41) is 19.3. The zero-order valence-corrected chi connectivity index (χ0v) is 18.4. The molecular weight excluding hydrogens is 439 g/mol. The lowest BCUT2D eigenvalue weighted by molar-refractivity contribution is 0.0695. The summed E-state index contributed by atoms with van der Waals surface area (Å²) in [5.74, 6) is 1.46. The maximum atomic E-state index is 10.8. The fourth-order valence-electron chi connectivity index (χ4n) is 2.88. The monoisotopic (exact) mass is 458 g/mol. The molecule has 31 heavy (non-hydrogen) atoms. The molecule has 0 spiro atoms. The average Bonchev–Trinajstić information content (AvgIpc) is 3.32. The molecule has 2 N–H and O–H groups in total. The Kier molecular flexibility index (Phi) is 7.23. The highest BCUT2D eigenvalue weighted by Gasteiger charge is 2.14. The van der Waals surface area contributed by atoms with Crippen LogP contribution in [0.5, 0.6) is 0 Å². The van der Waals surface area contributed by atoms with Gasteiger partial charge in [0.25, 0.3) is 0 Å². The number of hydrogen-bond donors (Lipinski definition) is 2. The molecule has 5 nitrogen and oxygen atoms in total. The van der Waals surface area contributed by atoms with Crippen LogP contribution in [0.15, 0.2) is 69.5 Å². The third-order valence-corrected chi connectivity index (χ3v) is 5.10. The van der Waals surface area contributed by atoms with Gasteiger partial charge >= 0.3 is 5.97 Å². The number of aliphatic hydroxyl groups is 1. The number of aryl methyl sites for hydroxylation is 2. The predicted molar refractivity (Wildman–Crippen MR) is 121 cm³/mol. The van der Waals surface area contributed by atoms with Crippen LogP contribution < -0.4 is 0 Å². The van der Waals surface area contributed by atoms with Gasteiger partial charge < -0.3 is 19.0 Å². The number of rotatable bonds is 4. The van der Waals surface area contributed by atoms with E-state index in [-0.39, 0.29) is 12.2 Å². The average molecular weight is 459 g/mol. The second-order valence-electron chi connectivity index (χ2n) is 6.75. The topological polar surface area (TPSA) is 83.8 Å². The first kappa shape index (κ1) is 22.7. The molecule has 4 rings (SSSR count). The Hall–Kier alpha value is -2.99. The van der Waals surface area contributed by atoms with Gasteiger partial charge in [0.2, 0.25) is 0 Å². The van der Waals surface area contributed by atoms with Crippen molar-refractivity contribution in [1.82, 2.24) is 0 Å². The minimum Gasteiger partial charge on any atom is -0.478 e. The lowest BCUT2D eigenvalue weighted by Gasteiger charge is -1.95. The van der Waals surface area contributed by atoms with Gasteiger partial charge in [-0.25, -0.2) is 4.79 Å². The van der Waals surface area contributed by atoms with Crippen molar-refractivity contribution in [1.29, 1.82) is 0 Å². The number of aromatic carboxylic acids is 1. The molecule has 4 aromatic rings. The number of benzene rings is 2. The van der Waals surface area contributed by atoms with Crippen molar-refractivity contribution in [3.63, 3.8) is 0 Å². The lowest BCUT2D eigenvalue weighted by Crippen LogP contribution is -1.94. The maximum absolute atomic E-state index is 10.8. The molecule has 7 heteroatoms. The molecule has 2 heterocycles. The zero-order chi connectivity index (χ0) is 22.5. The van der Waals surface area contributed by atoms with Gasteiger partial charge in [0.15, 0.2) is 0 Å². The molecule has 0 aliphatic heterocycles. The summed E-state index contributed by atoms with van der Waals surface area (Å²) in [6, 6.07) is 17.8. The summed E-state index contributed by atoms with van der Waals surface area (Å²) in [7, 11) is 0. The van der Waals surface area contributed by atoms with E-state index in [0.29, 0.717) is 21.6 Å². The summed E-state index contributed by atoms with van der Waals surface area (Å²) in [6.07, 6.45) is 0. The molecule has 0 bridgehead atoms. The largest absolute Gasteiger partial charge is 0.478 e. The van der Waals surface area contributed by atoms with Crippen LogP contribution in [-0.2, 0) is 6.61 Å². The molecule has 0 amide bonds. The predicted octanol–water partition coefficient (Wildman–Crippen LogP) is 7.01. The van der Waals surface area contributed by atoms with Crippen LogP contribution in [0.3, 0.4) is 0 Å². The SMILES string of the molecule is Cc1oc(-c2ccc(Cl)cc2)cc1C(=O)O.Cc1oc(-c2ccc(Cl)cc2)cc1CO. The Labute approximate surface area is 189 Å². The molecule has 2 aromatic heterocycles. The van der Waals surface area contributed by atoms with E-state index in [1.165, 1.54) is 6.07 Å². The third-order valence-electron chi connectivity index (χ3n) is 4.60. The molecule has 0 atom stereocenters. The Bertz CT molecular complexity index is 1170. The van der Waals surface area contributed by atoms with Gasteiger partial charge in [-0.2, -0.15) is 0 Å². The van der Waals surface area contributed by atoms with Crippen molar-refractivity contribution in [2.75, 3.05) is 0 Å². The summed E-state index contributed by atoms with van der Waals surface area (Å²) < 4.78 is 10.9. The normalized spacial score (nSPS) is 10.5. The van der Waals surface area contributed by atoms with Gasteiger partial charge in [-0.1, -0.05) is 23.2 Å². The van der Waals surface area contributed by atoms with Gasteiger partial charge in [-0.05, 0) is 74.5 Å². The van der Waals surface area contributed by atoms with Crippen molar-refractivity contribution >= 4 is 29.2 Å². The van der Waals surface area contributed by atoms with Gasteiger partial charge in [0.05, 0.1) is 6.61 Å². The molecule has 0 aliphatic carbocycles. The third kappa shape index (κ3) is 5.58. The van der Waals surface area contributed by atoms with E-state index in [1.54, 1.807) is 31.2 Å². The van der Waals surface area contributed by atoms with Crippen molar-refractivity contribution < 1.29 is 23.8 Å². The Balaban J connectivity index is 0.000000176. The number of carbonyl (C=O) groups is 1. The number of carboxylic acid groups (broad SMARTS) is 1. The van der Waals surface area contributed by atoms with Gasteiger partial charge in [0.1, 0.15) is 28.6 Å². The van der Waals surface area contributed by atoms with Crippen LogP contribution >= 0.6 is 23.2 Å². The lowest BCUT2D eigenvalue weighted by atomic mass is 10.1. The van der Waals surface area contributed by atoms with E-state index in [9.17, 15) is 4.79 Å². The van der Waals surface area contributed by atoms with E-state index in [0.717, 1.165) is 28.2 Å².